The number of pyridine rings is 1. The van der Waals surface area contributed by atoms with Crippen LogP contribution in [-0.4, -0.2) is 4.98 Å². The van der Waals surface area contributed by atoms with Gasteiger partial charge in [-0.1, -0.05) is 30.7 Å². The summed E-state index contributed by atoms with van der Waals surface area (Å²) in [7, 11) is 0. The molecule has 3 nitrogen and oxygen atoms in total. The van der Waals surface area contributed by atoms with Crippen molar-refractivity contribution in [2.75, 3.05) is 5.73 Å². The lowest BCUT2D eigenvalue weighted by molar-refractivity contribution is 0.489. The highest BCUT2D eigenvalue weighted by Gasteiger charge is 2.10. The molecule has 2 N–H and O–H groups in total. The van der Waals surface area contributed by atoms with Gasteiger partial charge in [0.15, 0.2) is 5.75 Å². The lowest BCUT2D eigenvalue weighted by Crippen LogP contribution is -1.95. The number of nitrogen functional groups attached to an aromatic ring is 1. The Bertz CT molecular complexity index is 802. The van der Waals surface area contributed by atoms with Crippen molar-refractivity contribution in [1.29, 1.82) is 0 Å². The Balaban J connectivity index is 2.07. The predicted octanol–water partition coefficient (Wildman–Crippen LogP) is 4.83. The topological polar surface area (TPSA) is 48.1 Å². The number of anilines is 1. The number of nitrogens with two attached hydrogens (primary N) is 1. The summed E-state index contributed by atoms with van der Waals surface area (Å²) < 4.78 is 6.00. The third-order valence-electron chi connectivity index (χ3n) is 3.37. The molecule has 0 aliphatic carbocycles. The lowest BCUT2D eigenvalue weighted by atomic mass is 10.1. The molecule has 0 saturated carbocycles. The van der Waals surface area contributed by atoms with Crippen LogP contribution >= 0.6 is 11.6 Å². The van der Waals surface area contributed by atoms with Gasteiger partial charge in [-0.2, -0.15) is 0 Å². The summed E-state index contributed by atoms with van der Waals surface area (Å²) in [6.45, 7) is 2.06. The van der Waals surface area contributed by atoms with E-state index in [0.29, 0.717) is 11.4 Å². The number of ether oxygens (including phenoxy) is 1. The minimum atomic E-state index is 0.515. The van der Waals surface area contributed by atoms with Crippen molar-refractivity contribution in [3.63, 3.8) is 0 Å². The van der Waals surface area contributed by atoms with E-state index >= 15 is 0 Å². The number of benzene rings is 2. The molecule has 2 aromatic carbocycles. The summed E-state index contributed by atoms with van der Waals surface area (Å²) in [5, 5.41) is 1.64. The number of rotatable bonds is 3. The average molecular weight is 299 g/mol. The van der Waals surface area contributed by atoms with Gasteiger partial charge >= 0.3 is 0 Å². The molecule has 0 unspecified atom stereocenters. The van der Waals surface area contributed by atoms with Crippen LogP contribution in [0.15, 0.2) is 48.7 Å². The first-order valence-electron chi connectivity index (χ1n) is 6.78. The zero-order valence-corrected chi connectivity index (χ0v) is 12.4. The molecule has 106 valence electrons. The van der Waals surface area contributed by atoms with E-state index in [-0.39, 0.29) is 0 Å². The van der Waals surface area contributed by atoms with Crippen LogP contribution in [0.1, 0.15) is 12.5 Å². The second-order valence-corrected chi connectivity index (χ2v) is 5.18. The van der Waals surface area contributed by atoms with Gasteiger partial charge in [0.1, 0.15) is 5.75 Å². The van der Waals surface area contributed by atoms with Crippen molar-refractivity contribution in [3.05, 3.63) is 59.2 Å². The van der Waals surface area contributed by atoms with E-state index < -0.39 is 0 Å². The fourth-order valence-electron chi connectivity index (χ4n) is 2.25. The van der Waals surface area contributed by atoms with E-state index in [1.807, 2.05) is 42.5 Å². The molecule has 4 heteroatoms. The van der Waals surface area contributed by atoms with E-state index in [1.165, 1.54) is 0 Å². The normalized spacial score (nSPS) is 10.8. The van der Waals surface area contributed by atoms with Crippen LogP contribution in [-0.2, 0) is 6.42 Å². The van der Waals surface area contributed by atoms with Crippen molar-refractivity contribution in [3.8, 4) is 11.5 Å². The van der Waals surface area contributed by atoms with Gasteiger partial charge in [-0.3, -0.25) is 4.98 Å². The number of aryl methyl sites for hydroxylation is 1. The highest BCUT2D eigenvalue weighted by molar-refractivity contribution is 6.31. The lowest BCUT2D eigenvalue weighted by Gasteiger charge is -2.12. The fourth-order valence-corrected chi connectivity index (χ4v) is 2.50. The maximum Gasteiger partial charge on any atom is 0.161 e. The molecule has 0 atom stereocenters. The van der Waals surface area contributed by atoms with Crippen molar-refractivity contribution in [2.24, 2.45) is 0 Å². The Kier molecular flexibility index (Phi) is 3.67. The van der Waals surface area contributed by atoms with Crippen LogP contribution < -0.4 is 10.5 Å². The number of nitrogens with zero attached hydrogens (tertiary/aromatic N) is 1. The standard InChI is InChI=1S/C17H15ClN2O/c1-2-11-9-12(7-8-14(11)18)21-17-13-5-3-4-6-16(13)20-10-15(17)19/h3-10H,2,19H2,1H3. The summed E-state index contributed by atoms with van der Waals surface area (Å²) in [5.74, 6) is 1.35. The molecular formula is C17H15ClN2O. The van der Waals surface area contributed by atoms with Crippen LogP contribution in [0, 0.1) is 0 Å². The molecule has 1 aromatic heterocycles. The Morgan fingerprint density at radius 3 is 2.81 bits per heavy atom. The Morgan fingerprint density at radius 1 is 1.19 bits per heavy atom. The first-order valence-corrected chi connectivity index (χ1v) is 7.16. The summed E-state index contributed by atoms with van der Waals surface area (Å²) in [5.41, 5.74) is 8.44. The molecular weight excluding hydrogens is 284 g/mol. The molecule has 21 heavy (non-hydrogen) atoms. The van der Waals surface area contributed by atoms with Gasteiger partial charge < -0.3 is 10.5 Å². The quantitative estimate of drug-likeness (QED) is 0.753. The second kappa shape index (κ2) is 5.62. The van der Waals surface area contributed by atoms with Crippen molar-refractivity contribution in [1.82, 2.24) is 4.98 Å². The average Bonchev–Trinajstić information content (AvgIpc) is 2.52. The third-order valence-corrected chi connectivity index (χ3v) is 3.74. The highest BCUT2D eigenvalue weighted by atomic mass is 35.5. The van der Waals surface area contributed by atoms with Crippen LogP contribution in [0.25, 0.3) is 10.9 Å². The zero-order chi connectivity index (χ0) is 14.8. The van der Waals surface area contributed by atoms with Crippen molar-refractivity contribution in [2.45, 2.75) is 13.3 Å². The summed E-state index contributed by atoms with van der Waals surface area (Å²) in [6.07, 6.45) is 2.47. The Morgan fingerprint density at radius 2 is 2.00 bits per heavy atom. The van der Waals surface area contributed by atoms with Crippen molar-refractivity contribution >= 4 is 28.2 Å². The number of para-hydroxylation sites is 1. The smallest absolute Gasteiger partial charge is 0.161 e. The number of hydrogen-bond donors (Lipinski definition) is 1. The summed E-state index contributed by atoms with van der Waals surface area (Å²) in [6, 6.07) is 13.4. The zero-order valence-electron chi connectivity index (χ0n) is 11.6. The van der Waals surface area contributed by atoms with Crippen LogP contribution in [0.5, 0.6) is 11.5 Å². The monoisotopic (exact) mass is 298 g/mol. The minimum Gasteiger partial charge on any atom is -0.454 e. The number of halogens is 1. The second-order valence-electron chi connectivity index (χ2n) is 4.77. The van der Waals surface area contributed by atoms with Crippen LogP contribution in [0.2, 0.25) is 5.02 Å². The molecule has 0 bridgehead atoms. The molecule has 3 rings (SSSR count). The van der Waals surface area contributed by atoms with Gasteiger partial charge in [-0.25, -0.2) is 0 Å². The predicted molar refractivity (Wildman–Crippen MR) is 87.1 cm³/mol. The molecule has 0 aliphatic heterocycles. The maximum absolute atomic E-state index is 6.14. The number of aromatic nitrogens is 1. The van der Waals surface area contributed by atoms with E-state index in [9.17, 15) is 0 Å². The highest BCUT2D eigenvalue weighted by Crippen LogP contribution is 2.35. The van der Waals surface area contributed by atoms with E-state index in [2.05, 4.69) is 11.9 Å². The first kappa shape index (κ1) is 13.7. The molecule has 0 aliphatic rings. The molecule has 3 aromatic rings. The van der Waals surface area contributed by atoms with Gasteiger partial charge in [-0.15, -0.1) is 0 Å². The number of fused-ring (bicyclic) bond motifs is 1. The molecule has 0 fully saturated rings. The first-order chi connectivity index (χ1) is 10.2. The van der Waals surface area contributed by atoms with Gasteiger partial charge in [0.25, 0.3) is 0 Å². The van der Waals surface area contributed by atoms with Crippen LogP contribution in [0.4, 0.5) is 5.69 Å². The SMILES string of the molecule is CCc1cc(Oc2c(N)cnc3ccccc23)ccc1Cl. The van der Waals surface area contributed by atoms with E-state index in [4.69, 9.17) is 22.1 Å². The minimum absolute atomic E-state index is 0.515. The van der Waals surface area contributed by atoms with Gasteiger partial charge in [0.2, 0.25) is 0 Å². The molecule has 0 spiro atoms. The van der Waals surface area contributed by atoms with E-state index in [0.717, 1.165) is 33.7 Å². The van der Waals surface area contributed by atoms with Crippen LogP contribution in [0.3, 0.4) is 0 Å². The Labute approximate surface area is 128 Å². The Hall–Kier alpha value is -2.26. The van der Waals surface area contributed by atoms with Gasteiger partial charge in [0.05, 0.1) is 17.4 Å². The third kappa shape index (κ3) is 2.65. The van der Waals surface area contributed by atoms with E-state index in [1.54, 1.807) is 6.20 Å². The molecule has 0 saturated heterocycles. The van der Waals surface area contributed by atoms with Crippen molar-refractivity contribution < 1.29 is 4.74 Å². The summed E-state index contributed by atoms with van der Waals surface area (Å²) >= 11 is 6.14. The fraction of sp³-hybridized carbons (Fsp3) is 0.118. The summed E-state index contributed by atoms with van der Waals surface area (Å²) in [4.78, 5) is 4.30. The molecule has 0 amide bonds. The molecule has 1 heterocycles. The largest absolute Gasteiger partial charge is 0.454 e. The van der Waals surface area contributed by atoms with Gasteiger partial charge in [0, 0.05) is 10.4 Å². The maximum atomic E-state index is 6.14. The number of hydrogen-bond acceptors (Lipinski definition) is 3. The van der Waals surface area contributed by atoms with Gasteiger partial charge in [-0.05, 0) is 42.3 Å². The molecule has 0 radical (unpaired) electrons.